The van der Waals surface area contributed by atoms with Crippen LogP contribution in [0.1, 0.15) is 33.9 Å². The summed E-state index contributed by atoms with van der Waals surface area (Å²) >= 11 is 6.24. The molecule has 0 aliphatic carbocycles. The number of urea groups is 1. The van der Waals surface area contributed by atoms with Gasteiger partial charge in [-0.05, 0) is 36.8 Å². The minimum Gasteiger partial charge on any atom is -0.478 e. The van der Waals surface area contributed by atoms with Crippen molar-refractivity contribution in [3.05, 3.63) is 97.1 Å². The van der Waals surface area contributed by atoms with Crippen molar-refractivity contribution in [3.8, 4) is 11.3 Å². The van der Waals surface area contributed by atoms with Crippen molar-refractivity contribution in [1.82, 2.24) is 25.1 Å². The van der Waals surface area contributed by atoms with Gasteiger partial charge in [0.25, 0.3) is 0 Å². The van der Waals surface area contributed by atoms with Crippen LogP contribution in [0.15, 0.2) is 80.2 Å². The van der Waals surface area contributed by atoms with Crippen molar-refractivity contribution < 1.29 is 28.6 Å². The second-order valence-electron chi connectivity index (χ2n) is 11.5. The summed E-state index contributed by atoms with van der Waals surface area (Å²) in [5.41, 5.74) is 3.16. The number of amidine groups is 1. The topological polar surface area (TPSA) is 141 Å². The molecular formula is C33H29BrFN7O5S2. The quantitative estimate of drug-likeness (QED) is 0.215. The maximum atomic E-state index is 14.1. The lowest BCUT2D eigenvalue weighted by atomic mass is 9.95. The summed E-state index contributed by atoms with van der Waals surface area (Å²) < 4.78 is 20.1. The van der Waals surface area contributed by atoms with Crippen LogP contribution in [-0.2, 0) is 9.53 Å². The molecule has 5 heterocycles. The van der Waals surface area contributed by atoms with E-state index in [1.165, 1.54) is 46.9 Å². The van der Waals surface area contributed by atoms with Crippen LogP contribution < -0.4 is 10.2 Å². The third-order valence-corrected chi connectivity index (χ3v) is 10.8. The molecule has 4 aromatic rings. The highest BCUT2D eigenvalue weighted by atomic mass is 79.9. The predicted molar refractivity (Wildman–Crippen MR) is 186 cm³/mol. The Hall–Kier alpha value is -4.51. The number of benzene rings is 2. The summed E-state index contributed by atoms with van der Waals surface area (Å²) in [7, 11) is 0. The van der Waals surface area contributed by atoms with Crippen LogP contribution in [0, 0.1) is 5.82 Å². The van der Waals surface area contributed by atoms with E-state index in [2.05, 4.69) is 31.1 Å². The number of carbonyl (C=O) groups excluding carboxylic acids is 2. The van der Waals surface area contributed by atoms with Crippen LogP contribution in [0.3, 0.4) is 0 Å². The van der Waals surface area contributed by atoms with Gasteiger partial charge in [0.15, 0.2) is 16.0 Å². The molecule has 2 aromatic heterocycles. The zero-order valence-electron chi connectivity index (χ0n) is 26.0. The van der Waals surface area contributed by atoms with Gasteiger partial charge in [-0.3, -0.25) is 14.8 Å². The number of hydrogen-bond acceptors (Lipinski definition) is 11. The average Bonchev–Trinajstić information content (AvgIpc) is 3.86. The highest BCUT2D eigenvalue weighted by Crippen LogP contribution is 2.38. The number of rotatable bonds is 9. The first-order valence-corrected chi connectivity index (χ1v) is 17.9. The van der Waals surface area contributed by atoms with Crippen molar-refractivity contribution >= 4 is 67.5 Å². The van der Waals surface area contributed by atoms with Crippen LogP contribution in [0.2, 0.25) is 0 Å². The molecular weight excluding hydrogens is 737 g/mol. The molecule has 0 radical (unpaired) electrons. The third-order valence-electron chi connectivity index (χ3n) is 8.48. The van der Waals surface area contributed by atoms with Gasteiger partial charge in [0.05, 0.1) is 36.0 Å². The van der Waals surface area contributed by atoms with Crippen molar-refractivity contribution in [2.24, 2.45) is 4.99 Å². The molecule has 12 nitrogen and oxygen atoms in total. The largest absolute Gasteiger partial charge is 0.478 e. The molecule has 2 unspecified atom stereocenters. The Balaban J connectivity index is 1.14. The number of carboxylic acids is 1. The van der Waals surface area contributed by atoms with E-state index in [0.29, 0.717) is 75.7 Å². The molecule has 2 fully saturated rings. The Kier molecular flexibility index (Phi) is 9.28. The number of nitrogens with zero attached hydrogens (tertiary/aromatic N) is 6. The number of halogens is 2. The molecule has 0 bridgehead atoms. The number of hydrogen-bond donors (Lipinski definition) is 2. The van der Waals surface area contributed by atoms with E-state index in [1.807, 2.05) is 15.7 Å². The molecule has 3 aliphatic heterocycles. The molecule has 252 valence electrons. The monoisotopic (exact) mass is 765 g/mol. The second kappa shape index (κ2) is 13.8. The number of thiazole rings is 2. The molecule has 2 saturated heterocycles. The van der Waals surface area contributed by atoms with E-state index in [-0.39, 0.29) is 24.2 Å². The van der Waals surface area contributed by atoms with E-state index >= 15 is 0 Å². The standard InChI is InChI=1S/C33H29BrFN7O5S2/c1-2-47-31(45)26-24(37-28(29-36-9-12-48-29)39-27(26)22-8-7-20(35)13-23(22)34)16-40-10-11-41-21(14-40)15-42(33(41)46)32-38-25(17-49-32)18-3-5-19(6-4-18)30(43)44/h3-9,12-13,17,21,27H,2,10-11,14-16H2,1H3,(H,37,39)(H,43,44). The first kappa shape index (κ1) is 33.0. The number of aromatic nitrogens is 2. The summed E-state index contributed by atoms with van der Waals surface area (Å²) in [4.78, 5) is 58.1. The minimum absolute atomic E-state index is 0.117. The van der Waals surface area contributed by atoms with Gasteiger partial charge in [-0.25, -0.2) is 28.7 Å². The number of piperazine rings is 1. The maximum Gasteiger partial charge on any atom is 0.338 e. The lowest BCUT2D eigenvalue weighted by Gasteiger charge is -2.38. The Morgan fingerprint density at radius 1 is 1.14 bits per heavy atom. The van der Waals surface area contributed by atoms with Crippen LogP contribution in [0.4, 0.5) is 14.3 Å². The first-order chi connectivity index (χ1) is 23.7. The van der Waals surface area contributed by atoms with E-state index in [1.54, 1.807) is 36.2 Å². The molecule has 16 heteroatoms. The summed E-state index contributed by atoms with van der Waals surface area (Å²) in [5.74, 6) is -1.44. The van der Waals surface area contributed by atoms with E-state index in [0.717, 1.165) is 5.56 Å². The molecule has 49 heavy (non-hydrogen) atoms. The SMILES string of the molecule is CCOC(=O)C1=C(CN2CCN3C(=O)N(c4nc(-c5ccc(C(=O)O)cc5)cs4)CC3C2)NC(c2nccs2)=NC1c1ccc(F)cc1Br. The fourth-order valence-electron chi connectivity index (χ4n) is 6.17. The highest BCUT2D eigenvalue weighted by molar-refractivity contribution is 9.10. The molecule has 2 atom stereocenters. The highest BCUT2D eigenvalue weighted by Gasteiger charge is 2.43. The fraction of sp³-hybridized carbons (Fsp3) is 0.273. The summed E-state index contributed by atoms with van der Waals surface area (Å²) in [6.07, 6.45) is 1.68. The molecule has 2 aromatic carbocycles. The number of fused-ring (bicyclic) bond motifs is 1. The van der Waals surface area contributed by atoms with Gasteiger partial charge in [0.2, 0.25) is 0 Å². The number of aromatic carboxylic acids is 1. The van der Waals surface area contributed by atoms with E-state index in [4.69, 9.17) is 14.7 Å². The molecule has 7 rings (SSSR count). The number of amides is 2. The zero-order valence-corrected chi connectivity index (χ0v) is 29.2. The van der Waals surface area contributed by atoms with Gasteiger partial charge in [-0.2, -0.15) is 0 Å². The lowest BCUT2D eigenvalue weighted by Crippen LogP contribution is -2.53. The number of ether oxygens (including phenoxy) is 1. The Bertz CT molecular complexity index is 1980. The number of esters is 1. The number of anilines is 1. The van der Waals surface area contributed by atoms with E-state index in [9.17, 15) is 23.9 Å². The number of nitrogens with one attached hydrogen (secondary N) is 1. The smallest absolute Gasteiger partial charge is 0.338 e. The van der Waals surface area contributed by atoms with Crippen molar-refractivity contribution in [2.45, 2.75) is 19.0 Å². The lowest BCUT2D eigenvalue weighted by molar-refractivity contribution is -0.139. The third kappa shape index (κ3) is 6.60. The van der Waals surface area contributed by atoms with Gasteiger partial charge in [-0.1, -0.05) is 34.1 Å². The van der Waals surface area contributed by atoms with Gasteiger partial charge in [0.1, 0.15) is 11.9 Å². The van der Waals surface area contributed by atoms with Crippen molar-refractivity contribution in [3.63, 3.8) is 0 Å². The van der Waals surface area contributed by atoms with Gasteiger partial charge < -0.3 is 20.1 Å². The molecule has 0 spiro atoms. The molecule has 0 saturated carbocycles. The first-order valence-electron chi connectivity index (χ1n) is 15.4. The Morgan fingerprint density at radius 3 is 2.67 bits per heavy atom. The van der Waals surface area contributed by atoms with Gasteiger partial charge in [-0.15, -0.1) is 22.7 Å². The molecule has 2 amide bonds. The van der Waals surface area contributed by atoms with Gasteiger partial charge >= 0.3 is 18.0 Å². The summed E-state index contributed by atoms with van der Waals surface area (Å²) in [5, 5.41) is 17.5. The fourth-order valence-corrected chi connectivity index (χ4v) is 8.16. The van der Waals surface area contributed by atoms with E-state index < -0.39 is 23.8 Å². The second-order valence-corrected chi connectivity index (χ2v) is 14.1. The minimum atomic E-state index is -1.000. The maximum absolute atomic E-state index is 14.1. The van der Waals surface area contributed by atoms with Crippen LogP contribution in [0.5, 0.6) is 0 Å². The molecule has 3 aliphatic rings. The zero-order chi connectivity index (χ0) is 34.2. The number of carboxylic acid groups (broad SMARTS) is 1. The Morgan fingerprint density at radius 2 is 1.96 bits per heavy atom. The number of carbonyl (C=O) groups is 3. The number of aliphatic imine (C=N–C) groups is 1. The summed E-state index contributed by atoms with van der Waals surface area (Å²) in [6, 6.07) is 9.75. The normalized spacial score (nSPS) is 19.5. The van der Waals surface area contributed by atoms with Crippen LogP contribution in [-0.4, -0.2) is 94.1 Å². The van der Waals surface area contributed by atoms with Crippen LogP contribution in [0.25, 0.3) is 11.3 Å². The summed E-state index contributed by atoms with van der Waals surface area (Å²) in [6.45, 7) is 4.29. The molecule has 2 N–H and O–H groups in total. The van der Waals surface area contributed by atoms with Crippen molar-refractivity contribution in [1.29, 1.82) is 0 Å². The Labute approximate surface area is 296 Å². The van der Waals surface area contributed by atoms with Crippen LogP contribution >= 0.6 is 38.6 Å². The van der Waals surface area contributed by atoms with Gasteiger partial charge in [0, 0.05) is 58.9 Å². The average molecular weight is 767 g/mol. The predicted octanol–water partition coefficient (Wildman–Crippen LogP) is 5.40. The van der Waals surface area contributed by atoms with Crippen molar-refractivity contribution in [2.75, 3.05) is 44.2 Å².